The van der Waals surface area contributed by atoms with Gasteiger partial charge in [0.05, 0.1) is 0 Å². The lowest BCUT2D eigenvalue weighted by atomic mass is 10.1. The minimum absolute atomic E-state index is 0.575. The molecule has 0 aliphatic carbocycles. The van der Waals surface area contributed by atoms with Crippen LogP contribution in [-0.2, 0) is 0 Å². The fourth-order valence-electron chi connectivity index (χ4n) is 3.49. The van der Waals surface area contributed by atoms with Gasteiger partial charge in [-0.2, -0.15) is 9.97 Å². The molecule has 3 rings (SSSR count). The third-order valence-electron chi connectivity index (χ3n) is 5.09. The quantitative estimate of drug-likeness (QED) is 0.835. The Morgan fingerprint density at radius 3 is 2.42 bits per heavy atom. The number of aromatic nitrogens is 2. The minimum Gasteiger partial charge on any atom is -0.383 e. The Labute approximate surface area is 145 Å². The van der Waals surface area contributed by atoms with Crippen LogP contribution in [0.3, 0.4) is 0 Å². The van der Waals surface area contributed by atoms with Crippen molar-refractivity contribution in [1.82, 2.24) is 14.9 Å². The molecule has 0 amide bonds. The predicted molar refractivity (Wildman–Crippen MR) is 101 cm³/mol. The summed E-state index contributed by atoms with van der Waals surface area (Å²) in [6.07, 6.45) is 5.83. The molecule has 3 heterocycles. The standard InChI is InChI=1S/C18H30N6/c1-3-15(4-2)14-22-9-11-23(12-10-22)17-13-16(19)20-18(21-17)24-7-5-6-8-24/h3,13H,4-12,14H2,1-2H3,(H2,19,20,21). The number of rotatable bonds is 5. The zero-order chi connectivity index (χ0) is 16.9. The number of piperazine rings is 1. The summed E-state index contributed by atoms with van der Waals surface area (Å²) in [6, 6.07) is 1.92. The second-order valence-electron chi connectivity index (χ2n) is 6.71. The van der Waals surface area contributed by atoms with Crippen molar-refractivity contribution in [2.24, 2.45) is 0 Å². The molecule has 6 nitrogen and oxygen atoms in total. The van der Waals surface area contributed by atoms with Crippen molar-refractivity contribution in [1.29, 1.82) is 0 Å². The van der Waals surface area contributed by atoms with E-state index in [1.807, 2.05) is 6.07 Å². The van der Waals surface area contributed by atoms with E-state index in [0.717, 1.165) is 64.0 Å². The van der Waals surface area contributed by atoms with E-state index in [2.05, 4.69) is 39.6 Å². The highest BCUT2D eigenvalue weighted by atomic mass is 15.3. The highest BCUT2D eigenvalue weighted by Crippen LogP contribution is 2.23. The van der Waals surface area contributed by atoms with Crippen LogP contribution in [0.5, 0.6) is 0 Å². The average molecular weight is 330 g/mol. The van der Waals surface area contributed by atoms with Crippen molar-refractivity contribution in [2.45, 2.75) is 33.1 Å². The molecule has 0 spiro atoms. The van der Waals surface area contributed by atoms with Gasteiger partial charge in [-0.25, -0.2) is 0 Å². The van der Waals surface area contributed by atoms with Gasteiger partial charge in [0, 0.05) is 51.9 Å². The molecule has 24 heavy (non-hydrogen) atoms. The minimum atomic E-state index is 0.575. The molecule has 0 saturated carbocycles. The van der Waals surface area contributed by atoms with Crippen molar-refractivity contribution in [3.05, 3.63) is 17.7 Å². The van der Waals surface area contributed by atoms with Gasteiger partial charge in [0.15, 0.2) is 0 Å². The Kier molecular flexibility index (Phi) is 5.56. The first-order valence-corrected chi connectivity index (χ1v) is 9.20. The van der Waals surface area contributed by atoms with E-state index < -0.39 is 0 Å². The maximum atomic E-state index is 6.04. The zero-order valence-electron chi connectivity index (χ0n) is 15.0. The molecule has 0 radical (unpaired) electrons. The summed E-state index contributed by atoms with van der Waals surface area (Å²) in [6.45, 7) is 11.7. The second-order valence-corrected chi connectivity index (χ2v) is 6.71. The van der Waals surface area contributed by atoms with Gasteiger partial charge in [-0.15, -0.1) is 0 Å². The van der Waals surface area contributed by atoms with Gasteiger partial charge >= 0.3 is 0 Å². The molecule has 0 unspecified atom stereocenters. The smallest absolute Gasteiger partial charge is 0.229 e. The van der Waals surface area contributed by atoms with Crippen molar-refractivity contribution in [2.75, 3.05) is 61.3 Å². The molecule has 2 fully saturated rings. The lowest BCUT2D eigenvalue weighted by Crippen LogP contribution is -2.47. The van der Waals surface area contributed by atoms with Gasteiger partial charge < -0.3 is 15.5 Å². The monoisotopic (exact) mass is 330 g/mol. The van der Waals surface area contributed by atoms with Crippen molar-refractivity contribution >= 4 is 17.6 Å². The third-order valence-corrected chi connectivity index (χ3v) is 5.09. The summed E-state index contributed by atoms with van der Waals surface area (Å²) in [5, 5.41) is 0. The van der Waals surface area contributed by atoms with Gasteiger partial charge in [-0.05, 0) is 26.2 Å². The van der Waals surface area contributed by atoms with Crippen LogP contribution >= 0.6 is 0 Å². The Hall–Kier alpha value is -1.82. The molecule has 2 saturated heterocycles. The second kappa shape index (κ2) is 7.83. The first kappa shape index (κ1) is 17.0. The molecule has 2 N–H and O–H groups in total. The van der Waals surface area contributed by atoms with E-state index in [1.54, 1.807) is 0 Å². The molecular weight excluding hydrogens is 300 g/mol. The molecular formula is C18H30N6. The van der Waals surface area contributed by atoms with Crippen LogP contribution in [0.1, 0.15) is 33.1 Å². The maximum Gasteiger partial charge on any atom is 0.229 e. The number of hydrogen-bond acceptors (Lipinski definition) is 6. The number of allylic oxidation sites excluding steroid dienone is 1. The Morgan fingerprint density at radius 1 is 1.08 bits per heavy atom. The van der Waals surface area contributed by atoms with E-state index in [0.29, 0.717) is 5.82 Å². The molecule has 2 aliphatic rings. The normalized spacial score (nSPS) is 20.0. The van der Waals surface area contributed by atoms with Crippen LogP contribution in [0.25, 0.3) is 0 Å². The molecule has 6 heteroatoms. The first-order chi connectivity index (χ1) is 11.7. The number of hydrogen-bond donors (Lipinski definition) is 1. The SMILES string of the molecule is CC=C(CC)CN1CCN(c2cc(N)nc(N3CCCC3)n2)CC1. The molecule has 132 valence electrons. The predicted octanol–water partition coefficient (Wildman–Crippen LogP) is 2.14. The van der Waals surface area contributed by atoms with Gasteiger partial charge in [-0.1, -0.05) is 18.6 Å². The third kappa shape index (κ3) is 3.98. The topological polar surface area (TPSA) is 61.5 Å². The van der Waals surface area contributed by atoms with Gasteiger partial charge in [-0.3, -0.25) is 4.90 Å². The average Bonchev–Trinajstić information content (AvgIpc) is 3.14. The van der Waals surface area contributed by atoms with E-state index in [1.165, 1.54) is 18.4 Å². The molecule has 0 bridgehead atoms. The van der Waals surface area contributed by atoms with E-state index >= 15 is 0 Å². The van der Waals surface area contributed by atoms with Crippen LogP contribution < -0.4 is 15.5 Å². The van der Waals surface area contributed by atoms with Crippen LogP contribution in [0.2, 0.25) is 0 Å². The lowest BCUT2D eigenvalue weighted by Gasteiger charge is -2.36. The summed E-state index contributed by atoms with van der Waals surface area (Å²) < 4.78 is 0. The van der Waals surface area contributed by atoms with Crippen LogP contribution in [0.4, 0.5) is 17.6 Å². The summed E-state index contributed by atoms with van der Waals surface area (Å²) in [5.41, 5.74) is 7.56. The Morgan fingerprint density at radius 2 is 1.79 bits per heavy atom. The van der Waals surface area contributed by atoms with E-state index in [4.69, 9.17) is 10.7 Å². The van der Waals surface area contributed by atoms with Crippen LogP contribution in [-0.4, -0.2) is 60.7 Å². The van der Waals surface area contributed by atoms with Crippen molar-refractivity contribution in [3.8, 4) is 0 Å². The lowest BCUT2D eigenvalue weighted by molar-refractivity contribution is 0.275. The van der Waals surface area contributed by atoms with Gasteiger partial charge in [0.1, 0.15) is 11.6 Å². The summed E-state index contributed by atoms with van der Waals surface area (Å²) >= 11 is 0. The summed E-state index contributed by atoms with van der Waals surface area (Å²) in [7, 11) is 0. The molecule has 2 aliphatic heterocycles. The van der Waals surface area contributed by atoms with E-state index in [-0.39, 0.29) is 0 Å². The van der Waals surface area contributed by atoms with Crippen molar-refractivity contribution < 1.29 is 0 Å². The maximum absolute atomic E-state index is 6.04. The highest BCUT2D eigenvalue weighted by Gasteiger charge is 2.21. The Bertz CT molecular complexity index is 571. The largest absolute Gasteiger partial charge is 0.383 e. The van der Waals surface area contributed by atoms with Gasteiger partial charge in [0.25, 0.3) is 0 Å². The van der Waals surface area contributed by atoms with E-state index in [9.17, 15) is 0 Å². The summed E-state index contributed by atoms with van der Waals surface area (Å²) in [5.74, 6) is 2.35. The van der Waals surface area contributed by atoms with Crippen molar-refractivity contribution in [3.63, 3.8) is 0 Å². The molecule has 0 aromatic carbocycles. The zero-order valence-corrected chi connectivity index (χ0v) is 15.0. The number of nitrogens with two attached hydrogens (primary N) is 1. The highest BCUT2D eigenvalue weighted by molar-refractivity contribution is 5.53. The van der Waals surface area contributed by atoms with Gasteiger partial charge in [0.2, 0.25) is 5.95 Å². The van der Waals surface area contributed by atoms with Crippen LogP contribution in [0, 0.1) is 0 Å². The first-order valence-electron chi connectivity index (χ1n) is 9.20. The Balaban J connectivity index is 1.63. The number of nitrogens with zero attached hydrogens (tertiary/aromatic N) is 5. The fraction of sp³-hybridized carbons (Fsp3) is 0.667. The molecule has 1 aromatic heterocycles. The van der Waals surface area contributed by atoms with Crippen LogP contribution in [0.15, 0.2) is 17.7 Å². The summed E-state index contributed by atoms with van der Waals surface area (Å²) in [4.78, 5) is 16.3. The molecule has 0 atom stereocenters. The fourth-order valence-corrected chi connectivity index (χ4v) is 3.49. The number of anilines is 3. The molecule has 1 aromatic rings. The number of nitrogen functional groups attached to an aromatic ring is 1.